The molecular weight excluding hydrogens is 302 g/mol. The zero-order chi connectivity index (χ0) is 16.9. The second kappa shape index (κ2) is 7.62. The maximum Gasteiger partial charge on any atom is 0.254 e. The first kappa shape index (κ1) is 16.7. The van der Waals surface area contributed by atoms with Gasteiger partial charge in [-0.2, -0.15) is 5.10 Å². The number of ether oxygens (including phenoxy) is 1. The van der Waals surface area contributed by atoms with Gasteiger partial charge < -0.3 is 10.1 Å². The van der Waals surface area contributed by atoms with E-state index in [0.717, 1.165) is 49.2 Å². The van der Waals surface area contributed by atoms with Crippen molar-refractivity contribution < 1.29 is 9.53 Å². The van der Waals surface area contributed by atoms with Crippen LogP contribution in [0.25, 0.3) is 5.69 Å². The monoisotopic (exact) mass is 327 g/mol. The summed E-state index contributed by atoms with van der Waals surface area (Å²) in [7, 11) is 0. The molecule has 1 aliphatic rings. The Labute approximate surface area is 143 Å². The lowest BCUT2D eigenvalue weighted by molar-refractivity contribution is 0.0928. The number of carbonyl (C=O) groups is 1. The van der Waals surface area contributed by atoms with E-state index in [4.69, 9.17) is 4.74 Å². The van der Waals surface area contributed by atoms with Crippen molar-refractivity contribution in [3.63, 3.8) is 0 Å². The summed E-state index contributed by atoms with van der Waals surface area (Å²) in [5, 5.41) is 7.64. The van der Waals surface area contributed by atoms with Gasteiger partial charge in [0.15, 0.2) is 0 Å². The van der Waals surface area contributed by atoms with Crippen molar-refractivity contribution in [1.29, 1.82) is 0 Å². The predicted molar refractivity (Wildman–Crippen MR) is 93.6 cm³/mol. The highest BCUT2D eigenvalue weighted by Crippen LogP contribution is 2.19. The fraction of sp³-hybridized carbons (Fsp3) is 0.474. The summed E-state index contributed by atoms with van der Waals surface area (Å²) in [6, 6.07) is 8.28. The number of nitrogens with one attached hydrogen (secondary N) is 1. The molecule has 1 saturated heterocycles. The number of amides is 1. The number of carbonyl (C=O) groups excluding carboxylic acids is 1. The Bertz CT molecular complexity index is 700. The number of rotatable bonds is 4. The van der Waals surface area contributed by atoms with Crippen LogP contribution < -0.4 is 5.32 Å². The molecular formula is C19H25N3O2. The van der Waals surface area contributed by atoms with E-state index in [9.17, 15) is 4.79 Å². The SMILES string of the molecule is CCc1c(C(=O)NC2CCCOCC2)cnn1-c1ccccc1C. The highest BCUT2D eigenvalue weighted by atomic mass is 16.5. The predicted octanol–water partition coefficient (Wildman–Crippen LogP) is 3.04. The molecule has 1 atom stereocenters. The topological polar surface area (TPSA) is 56.1 Å². The summed E-state index contributed by atoms with van der Waals surface area (Å²) in [5.74, 6) is -0.0291. The standard InChI is InChI=1S/C19H25N3O2/c1-3-17-16(19(23)21-15-8-6-11-24-12-10-15)13-20-22(17)18-9-5-4-7-14(18)2/h4-5,7,9,13,15H,3,6,8,10-12H2,1-2H3,(H,21,23). The number of hydrogen-bond donors (Lipinski definition) is 1. The molecule has 2 heterocycles. The van der Waals surface area contributed by atoms with Crippen LogP contribution in [-0.2, 0) is 11.2 Å². The summed E-state index contributed by atoms with van der Waals surface area (Å²) in [4.78, 5) is 12.7. The third-order valence-electron chi connectivity index (χ3n) is 4.58. The molecule has 5 heteroatoms. The molecule has 5 nitrogen and oxygen atoms in total. The van der Waals surface area contributed by atoms with Crippen molar-refractivity contribution in [2.24, 2.45) is 0 Å². The van der Waals surface area contributed by atoms with Gasteiger partial charge in [-0.1, -0.05) is 25.1 Å². The molecule has 128 valence electrons. The highest BCUT2D eigenvalue weighted by molar-refractivity contribution is 5.95. The third-order valence-corrected chi connectivity index (χ3v) is 4.58. The van der Waals surface area contributed by atoms with Gasteiger partial charge in [-0.25, -0.2) is 4.68 Å². The Morgan fingerprint density at radius 1 is 1.33 bits per heavy atom. The van der Waals surface area contributed by atoms with E-state index in [2.05, 4.69) is 30.3 Å². The second-order valence-electron chi connectivity index (χ2n) is 6.27. The lowest BCUT2D eigenvalue weighted by Gasteiger charge is -2.16. The fourth-order valence-corrected chi connectivity index (χ4v) is 3.22. The van der Waals surface area contributed by atoms with Crippen LogP contribution in [0.3, 0.4) is 0 Å². The molecule has 1 fully saturated rings. The zero-order valence-electron chi connectivity index (χ0n) is 14.4. The Morgan fingerprint density at radius 2 is 2.17 bits per heavy atom. The summed E-state index contributed by atoms with van der Waals surface area (Å²) in [6.45, 7) is 5.62. The van der Waals surface area contributed by atoms with Gasteiger partial charge in [0.2, 0.25) is 0 Å². The normalized spacial score (nSPS) is 18.2. The van der Waals surface area contributed by atoms with Gasteiger partial charge in [-0.3, -0.25) is 4.79 Å². The Morgan fingerprint density at radius 3 is 2.96 bits per heavy atom. The smallest absolute Gasteiger partial charge is 0.254 e. The third kappa shape index (κ3) is 3.51. The van der Waals surface area contributed by atoms with Crippen molar-refractivity contribution in [2.45, 2.75) is 45.6 Å². The summed E-state index contributed by atoms with van der Waals surface area (Å²) >= 11 is 0. The first-order valence-electron chi connectivity index (χ1n) is 8.72. The van der Waals surface area contributed by atoms with E-state index in [1.807, 2.05) is 22.9 Å². The quantitative estimate of drug-likeness (QED) is 0.939. The molecule has 1 aliphatic heterocycles. The first-order valence-corrected chi connectivity index (χ1v) is 8.72. The lowest BCUT2D eigenvalue weighted by atomic mass is 10.1. The molecule has 1 aromatic carbocycles. The number of hydrogen-bond acceptors (Lipinski definition) is 3. The highest BCUT2D eigenvalue weighted by Gasteiger charge is 2.21. The van der Waals surface area contributed by atoms with Crippen LogP contribution in [-0.4, -0.2) is 34.9 Å². The van der Waals surface area contributed by atoms with Crippen LogP contribution in [0.5, 0.6) is 0 Å². The van der Waals surface area contributed by atoms with Crippen LogP contribution >= 0.6 is 0 Å². The van der Waals surface area contributed by atoms with Crippen molar-refractivity contribution in [2.75, 3.05) is 13.2 Å². The molecule has 0 bridgehead atoms. The van der Waals surface area contributed by atoms with Gasteiger partial charge in [0.25, 0.3) is 5.91 Å². The van der Waals surface area contributed by atoms with Crippen molar-refractivity contribution in [3.8, 4) is 5.69 Å². The van der Waals surface area contributed by atoms with E-state index in [0.29, 0.717) is 12.2 Å². The number of nitrogens with zero attached hydrogens (tertiary/aromatic N) is 2. The van der Waals surface area contributed by atoms with Crippen LogP contribution in [0.1, 0.15) is 47.8 Å². The van der Waals surface area contributed by atoms with E-state index >= 15 is 0 Å². The summed E-state index contributed by atoms with van der Waals surface area (Å²) < 4.78 is 7.35. The summed E-state index contributed by atoms with van der Waals surface area (Å²) in [6.07, 6.45) is 5.28. The van der Waals surface area contributed by atoms with E-state index < -0.39 is 0 Å². The van der Waals surface area contributed by atoms with Gasteiger partial charge >= 0.3 is 0 Å². The Balaban J connectivity index is 1.83. The molecule has 0 spiro atoms. The lowest BCUT2D eigenvalue weighted by Crippen LogP contribution is -2.35. The number of aryl methyl sites for hydroxylation is 1. The van der Waals surface area contributed by atoms with Crippen LogP contribution in [0.2, 0.25) is 0 Å². The molecule has 2 aromatic rings. The molecule has 24 heavy (non-hydrogen) atoms. The Kier molecular flexibility index (Phi) is 5.30. The van der Waals surface area contributed by atoms with Gasteiger partial charge in [0.1, 0.15) is 0 Å². The maximum absolute atomic E-state index is 12.7. The van der Waals surface area contributed by atoms with Gasteiger partial charge in [0.05, 0.1) is 23.1 Å². The average molecular weight is 327 g/mol. The van der Waals surface area contributed by atoms with Crippen LogP contribution in [0.4, 0.5) is 0 Å². The maximum atomic E-state index is 12.7. The minimum absolute atomic E-state index is 0.0291. The van der Waals surface area contributed by atoms with Gasteiger partial charge in [-0.15, -0.1) is 0 Å². The number of benzene rings is 1. The van der Waals surface area contributed by atoms with Gasteiger partial charge in [-0.05, 0) is 44.2 Å². The molecule has 1 N–H and O–H groups in total. The minimum atomic E-state index is -0.0291. The van der Waals surface area contributed by atoms with Crippen molar-refractivity contribution >= 4 is 5.91 Å². The molecule has 0 aliphatic carbocycles. The number of para-hydroxylation sites is 1. The van der Waals surface area contributed by atoms with Crippen LogP contribution in [0.15, 0.2) is 30.5 Å². The molecule has 3 rings (SSSR count). The van der Waals surface area contributed by atoms with Gasteiger partial charge in [0, 0.05) is 19.3 Å². The largest absolute Gasteiger partial charge is 0.381 e. The zero-order valence-corrected chi connectivity index (χ0v) is 14.4. The Hall–Kier alpha value is -2.14. The first-order chi connectivity index (χ1) is 11.7. The van der Waals surface area contributed by atoms with E-state index in [-0.39, 0.29) is 11.9 Å². The number of aromatic nitrogens is 2. The molecule has 1 unspecified atom stereocenters. The van der Waals surface area contributed by atoms with E-state index in [1.165, 1.54) is 0 Å². The molecule has 1 aromatic heterocycles. The second-order valence-corrected chi connectivity index (χ2v) is 6.27. The summed E-state index contributed by atoms with van der Waals surface area (Å²) in [5.41, 5.74) is 3.79. The van der Waals surface area contributed by atoms with Crippen molar-refractivity contribution in [3.05, 3.63) is 47.3 Å². The minimum Gasteiger partial charge on any atom is -0.381 e. The molecule has 0 radical (unpaired) electrons. The molecule has 0 saturated carbocycles. The van der Waals surface area contributed by atoms with Crippen molar-refractivity contribution in [1.82, 2.24) is 15.1 Å². The fourth-order valence-electron chi connectivity index (χ4n) is 3.22. The van der Waals surface area contributed by atoms with E-state index in [1.54, 1.807) is 6.20 Å². The molecule has 1 amide bonds. The average Bonchev–Trinajstić information content (AvgIpc) is 2.85. The van der Waals surface area contributed by atoms with Crippen LogP contribution in [0, 0.1) is 6.92 Å².